The van der Waals surface area contributed by atoms with Crippen molar-refractivity contribution in [2.75, 3.05) is 14.2 Å². The molecule has 0 aromatic carbocycles. The monoisotopic (exact) mass is 175 g/mol. The van der Waals surface area contributed by atoms with Gasteiger partial charge in [0, 0.05) is 19.8 Å². The van der Waals surface area contributed by atoms with Crippen molar-refractivity contribution in [2.45, 2.75) is 12.4 Å². The molecule has 0 aromatic rings. The second kappa shape index (κ2) is 4.87. The zero-order valence-electron chi connectivity index (χ0n) is 7.11. The number of hydrogen-bond acceptors (Lipinski definition) is 4. The van der Waals surface area contributed by atoms with Crippen molar-refractivity contribution >= 4 is 5.91 Å². The average Bonchev–Trinajstić information content (AvgIpc) is 2.05. The van der Waals surface area contributed by atoms with Gasteiger partial charge >= 0.3 is 0 Å². The molecule has 1 amide bonds. The fraction of sp³-hybridized carbons (Fsp3) is 0.571. The lowest BCUT2D eigenvalue weighted by Crippen LogP contribution is -2.35. The molecule has 1 unspecified atom stereocenters. The van der Waals surface area contributed by atoms with Gasteiger partial charge in [0.2, 0.25) is 5.91 Å². The molecule has 0 aliphatic rings. The Kier molecular flexibility index (Phi) is 4.50. The van der Waals surface area contributed by atoms with E-state index < -0.39 is 18.3 Å². The van der Waals surface area contributed by atoms with Gasteiger partial charge < -0.3 is 20.3 Å². The van der Waals surface area contributed by atoms with E-state index in [0.717, 1.165) is 0 Å². The Morgan fingerprint density at radius 2 is 1.92 bits per heavy atom. The van der Waals surface area contributed by atoms with Crippen LogP contribution in [0.4, 0.5) is 0 Å². The molecule has 5 nitrogen and oxygen atoms in total. The molecule has 5 heteroatoms. The summed E-state index contributed by atoms with van der Waals surface area (Å²) in [6, 6.07) is 0. The summed E-state index contributed by atoms with van der Waals surface area (Å²) < 4.78 is 9.38. The molecule has 0 aliphatic heterocycles. The van der Waals surface area contributed by atoms with Gasteiger partial charge in [-0.2, -0.15) is 0 Å². The van der Waals surface area contributed by atoms with Gasteiger partial charge in [-0.25, -0.2) is 0 Å². The number of primary amides is 1. The molecular weight excluding hydrogens is 162 g/mol. The van der Waals surface area contributed by atoms with Gasteiger partial charge in [-0.15, -0.1) is 0 Å². The van der Waals surface area contributed by atoms with E-state index in [4.69, 9.17) is 15.2 Å². The number of aliphatic hydroxyl groups excluding tert-OH is 1. The SMILES string of the molecule is C=C(C(N)=O)C(O)C(OC)OC. The average molecular weight is 175 g/mol. The molecule has 12 heavy (non-hydrogen) atoms. The molecule has 0 aliphatic carbocycles. The molecule has 0 fully saturated rings. The van der Waals surface area contributed by atoms with Crippen LogP contribution < -0.4 is 5.73 Å². The van der Waals surface area contributed by atoms with E-state index in [1.54, 1.807) is 0 Å². The first-order chi connectivity index (χ1) is 5.54. The third-order valence-electron chi connectivity index (χ3n) is 1.40. The quantitative estimate of drug-likeness (QED) is 0.415. The first-order valence-electron chi connectivity index (χ1n) is 3.26. The standard InChI is InChI=1S/C7H13NO4/c1-4(6(8)10)5(9)7(11-2)12-3/h5,7,9H,1H2,2-3H3,(H2,8,10). The van der Waals surface area contributed by atoms with Crippen LogP contribution in [0.25, 0.3) is 0 Å². The minimum atomic E-state index is -1.22. The maximum atomic E-state index is 10.5. The van der Waals surface area contributed by atoms with Gasteiger partial charge in [0.1, 0.15) is 6.10 Å². The molecule has 0 heterocycles. The largest absolute Gasteiger partial charge is 0.383 e. The van der Waals surface area contributed by atoms with E-state index in [1.165, 1.54) is 14.2 Å². The molecule has 0 bridgehead atoms. The van der Waals surface area contributed by atoms with Gasteiger partial charge in [-0.05, 0) is 0 Å². The van der Waals surface area contributed by atoms with Gasteiger partial charge in [-0.1, -0.05) is 6.58 Å². The van der Waals surface area contributed by atoms with E-state index in [0.29, 0.717) is 0 Å². The molecule has 1 atom stereocenters. The van der Waals surface area contributed by atoms with E-state index in [-0.39, 0.29) is 5.57 Å². The lowest BCUT2D eigenvalue weighted by molar-refractivity contribution is -0.155. The fourth-order valence-electron chi connectivity index (χ4n) is 0.664. The Balaban J connectivity index is 4.25. The summed E-state index contributed by atoms with van der Waals surface area (Å²) >= 11 is 0. The lowest BCUT2D eigenvalue weighted by atomic mass is 10.1. The van der Waals surface area contributed by atoms with Gasteiger partial charge in [-0.3, -0.25) is 4.79 Å². The normalized spacial score (nSPS) is 13.0. The Bertz CT molecular complexity index is 176. The van der Waals surface area contributed by atoms with Crippen molar-refractivity contribution in [1.29, 1.82) is 0 Å². The predicted molar refractivity (Wildman–Crippen MR) is 42.1 cm³/mol. The minimum Gasteiger partial charge on any atom is -0.383 e. The van der Waals surface area contributed by atoms with Gasteiger partial charge in [0.25, 0.3) is 0 Å². The lowest BCUT2D eigenvalue weighted by Gasteiger charge is -2.19. The number of rotatable bonds is 5. The topological polar surface area (TPSA) is 81.8 Å². The van der Waals surface area contributed by atoms with Crippen LogP contribution >= 0.6 is 0 Å². The molecule has 0 spiro atoms. The third-order valence-corrected chi connectivity index (χ3v) is 1.40. The number of methoxy groups -OCH3 is 2. The predicted octanol–water partition coefficient (Wildman–Crippen LogP) is -0.992. The van der Waals surface area contributed by atoms with Crippen molar-refractivity contribution in [3.05, 3.63) is 12.2 Å². The summed E-state index contributed by atoms with van der Waals surface area (Å²) in [4.78, 5) is 10.5. The van der Waals surface area contributed by atoms with E-state index in [1.807, 2.05) is 0 Å². The van der Waals surface area contributed by atoms with Gasteiger partial charge in [0.15, 0.2) is 6.29 Å². The zero-order chi connectivity index (χ0) is 9.72. The van der Waals surface area contributed by atoms with Crippen LogP contribution in [-0.4, -0.2) is 37.6 Å². The molecular formula is C7H13NO4. The Morgan fingerprint density at radius 1 is 1.50 bits per heavy atom. The molecule has 70 valence electrons. The Morgan fingerprint density at radius 3 is 2.17 bits per heavy atom. The summed E-state index contributed by atoms with van der Waals surface area (Å²) in [5.74, 6) is -0.776. The minimum absolute atomic E-state index is 0.135. The van der Waals surface area contributed by atoms with Crippen molar-refractivity contribution in [3.63, 3.8) is 0 Å². The molecule has 0 aromatic heterocycles. The summed E-state index contributed by atoms with van der Waals surface area (Å²) in [5.41, 5.74) is 4.74. The van der Waals surface area contributed by atoms with E-state index in [9.17, 15) is 9.90 Å². The third kappa shape index (κ3) is 2.61. The molecule has 0 radical (unpaired) electrons. The van der Waals surface area contributed by atoms with Gasteiger partial charge in [0.05, 0.1) is 0 Å². The van der Waals surface area contributed by atoms with E-state index in [2.05, 4.69) is 6.58 Å². The van der Waals surface area contributed by atoms with Crippen LogP contribution in [0.15, 0.2) is 12.2 Å². The van der Waals surface area contributed by atoms with Crippen LogP contribution in [0, 0.1) is 0 Å². The van der Waals surface area contributed by atoms with E-state index >= 15 is 0 Å². The number of carbonyl (C=O) groups excluding carboxylic acids is 1. The highest BCUT2D eigenvalue weighted by atomic mass is 16.7. The number of nitrogens with two attached hydrogens (primary N) is 1. The molecule has 0 saturated carbocycles. The highest BCUT2D eigenvalue weighted by Crippen LogP contribution is 2.07. The maximum absolute atomic E-state index is 10.5. The summed E-state index contributed by atoms with van der Waals surface area (Å²) in [5, 5.41) is 9.30. The molecule has 3 N–H and O–H groups in total. The number of hydrogen-bond donors (Lipinski definition) is 2. The van der Waals surface area contributed by atoms with Crippen molar-refractivity contribution in [1.82, 2.24) is 0 Å². The Labute approximate surface area is 70.8 Å². The van der Waals surface area contributed by atoms with Crippen LogP contribution in [-0.2, 0) is 14.3 Å². The second-order valence-corrected chi connectivity index (χ2v) is 2.17. The summed E-state index contributed by atoms with van der Waals surface area (Å²) in [6.45, 7) is 3.29. The first kappa shape index (κ1) is 11.1. The number of ether oxygens (including phenoxy) is 2. The van der Waals surface area contributed by atoms with Crippen LogP contribution in [0.1, 0.15) is 0 Å². The second-order valence-electron chi connectivity index (χ2n) is 2.17. The zero-order valence-corrected chi connectivity index (χ0v) is 7.11. The van der Waals surface area contributed by atoms with Crippen LogP contribution in [0.3, 0.4) is 0 Å². The van der Waals surface area contributed by atoms with Crippen molar-refractivity contribution < 1.29 is 19.4 Å². The van der Waals surface area contributed by atoms with Crippen molar-refractivity contribution in [3.8, 4) is 0 Å². The fourth-order valence-corrected chi connectivity index (χ4v) is 0.664. The number of carbonyl (C=O) groups is 1. The van der Waals surface area contributed by atoms with Crippen LogP contribution in [0.2, 0.25) is 0 Å². The molecule has 0 rings (SSSR count). The van der Waals surface area contributed by atoms with Crippen molar-refractivity contribution in [2.24, 2.45) is 5.73 Å². The maximum Gasteiger partial charge on any atom is 0.246 e. The summed E-state index contributed by atoms with van der Waals surface area (Å²) in [7, 11) is 2.68. The number of amides is 1. The molecule has 0 saturated heterocycles. The highest BCUT2D eigenvalue weighted by molar-refractivity contribution is 5.92. The number of aliphatic hydroxyl groups is 1. The summed E-state index contributed by atoms with van der Waals surface area (Å²) in [6.07, 6.45) is -2.14. The Hall–Kier alpha value is -0.910. The highest BCUT2D eigenvalue weighted by Gasteiger charge is 2.23. The first-order valence-corrected chi connectivity index (χ1v) is 3.26. The smallest absolute Gasteiger partial charge is 0.246 e. The van der Waals surface area contributed by atoms with Crippen LogP contribution in [0.5, 0.6) is 0 Å².